The van der Waals surface area contributed by atoms with Crippen LogP contribution in [0.25, 0.3) is 11.0 Å². The van der Waals surface area contributed by atoms with Crippen molar-refractivity contribution in [2.24, 2.45) is 0 Å². The molecule has 7 heteroatoms. The van der Waals surface area contributed by atoms with Gasteiger partial charge in [-0.1, -0.05) is 12.1 Å². The van der Waals surface area contributed by atoms with E-state index >= 15 is 0 Å². The SMILES string of the molecule is Cc1cc(=O)oc2cc(OC(=O)[C@@H](C)N3C(=O)c4ccccc4C3=O)ccc12. The van der Waals surface area contributed by atoms with Gasteiger partial charge < -0.3 is 9.15 Å². The van der Waals surface area contributed by atoms with Gasteiger partial charge in [-0.05, 0) is 43.7 Å². The molecule has 0 radical (unpaired) electrons. The van der Waals surface area contributed by atoms with Crippen LogP contribution in [0.3, 0.4) is 0 Å². The topological polar surface area (TPSA) is 93.9 Å². The van der Waals surface area contributed by atoms with Crippen molar-refractivity contribution in [1.29, 1.82) is 0 Å². The summed E-state index contributed by atoms with van der Waals surface area (Å²) < 4.78 is 10.5. The number of imide groups is 1. The van der Waals surface area contributed by atoms with Crippen molar-refractivity contribution < 1.29 is 23.5 Å². The van der Waals surface area contributed by atoms with Gasteiger partial charge in [-0.15, -0.1) is 0 Å². The van der Waals surface area contributed by atoms with Crippen molar-refractivity contribution in [3.8, 4) is 5.75 Å². The van der Waals surface area contributed by atoms with E-state index in [2.05, 4.69) is 0 Å². The lowest BCUT2D eigenvalue weighted by Crippen LogP contribution is -2.44. The maximum absolute atomic E-state index is 12.6. The smallest absolute Gasteiger partial charge is 0.336 e. The maximum Gasteiger partial charge on any atom is 0.336 e. The molecule has 2 amide bonds. The van der Waals surface area contributed by atoms with E-state index in [1.54, 1.807) is 43.3 Å². The van der Waals surface area contributed by atoms with Gasteiger partial charge in [0.1, 0.15) is 17.4 Å². The predicted molar refractivity (Wildman–Crippen MR) is 99.3 cm³/mol. The van der Waals surface area contributed by atoms with Crippen molar-refractivity contribution >= 4 is 28.8 Å². The molecule has 2 heterocycles. The fourth-order valence-electron chi connectivity index (χ4n) is 3.24. The molecule has 1 atom stereocenters. The minimum atomic E-state index is -1.12. The van der Waals surface area contributed by atoms with Gasteiger partial charge in [0.15, 0.2) is 0 Å². The number of amides is 2. The number of esters is 1. The largest absolute Gasteiger partial charge is 0.425 e. The zero-order valence-corrected chi connectivity index (χ0v) is 15.1. The number of fused-ring (bicyclic) bond motifs is 2. The zero-order chi connectivity index (χ0) is 20.0. The van der Waals surface area contributed by atoms with E-state index in [1.165, 1.54) is 19.1 Å². The summed E-state index contributed by atoms with van der Waals surface area (Å²) in [6, 6.07) is 11.3. The fraction of sp³-hybridized carbons (Fsp3) is 0.143. The molecule has 140 valence electrons. The van der Waals surface area contributed by atoms with Crippen molar-refractivity contribution in [3.63, 3.8) is 0 Å². The van der Waals surface area contributed by atoms with Crippen LogP contribution in [0.1, 0.15) is 33.2 Å². The van der Waals surface area contributed by atoms with E-state index in [-0.39, 0.29) is 22.5 Å². The van der Waals surface area contributed by atoms with E-state index in [1.807, 2.05) is 0 Å². The third kappa shape index (κ3) is 2.77. The Morgan fingerprint density at radius 2 is 1.64 bits per heavy atom. The van der Waals surface area contributed by atoms with E-state index in [0.717, 1.165) is 10.5 Å². The van der Waals surface area contributed by atoms with Gasteiger partial charge in [-0.3, -0.25) is 14.5 Å². The number of rotatable bonds is 3. The first kappa shape index (κ1) is 17.7. The molecule has 28 heavy (non-hydrogen) atoms. The number of carbonyl (C=O) groups is 3. The maximum atomic E-state index is 12.6. The lowest BCUT2D eigenvalue weighted by molar-refractivity contribution is -0.138. The Hall–Kier alpha value is -3.74. The van der Waals surface area contributed by atoms with Crippen LogP contribution in [0.5, 0.6) is 5.75 Å². The monoisotopic (exact) mass is 377 g/mol. The van der Waals surface area contributed by atoms with Crippen LogP contribution in [0.15, 0.2) is 57.7 Å². The van der Waals surface area contributed by atoms with Gasteiger partial charge in [0.25, 0.3) is 11.8 Å². The van der Waals surface area contributed by atoms with Gasteiger partial charge in [0.2, 0.25) is 0 Å². The van der Waals surface area contributed by atoms with Crippen LogP contribution < -0.4 is 10.4 Å². The minimum absolute atomic E-state index is 0.148. The van der Waals surface area contributed by atoms with Gasteiger partial charge in [0, 0.05) is 17.5 Å². The molecule has 0 spiro atoms. The van der Waals surface area contributed by atoms with Gasteiger partial charge >= 0.3 is 11.6 Å². The van der Waals surface area contributed by atoms with Crippen molar-refractivity contribution in [3.05, 3.63) is 75.6 Å². The quantitative estimate of drug-likeness (QED) is 0.301. The third-order valence-electron chi connectivity index (χ3n) is 4.70. The molecule has 3 aromatic rings. The standard InChI is InChI=1S/C21H15NO6/c1-11-9-18(23)28-17-10-13(7-8-14(11)17)27-21(26)12(2)22-19(24)15-5-3-4-6-16(15)20(22)25/h3-10,12H,1-2H3/t12-/m1/s1. The zero-order valence-electron chi connectivity index (χ0n) is 15.1. The normalized spacial score (nSPS) is 14.3. The molecule has 4 rings (SSSR count). The summed E-state index contributed by atoms with van der Waals surface area (Å²) in [5.41, 5.74) is 1.03. The predicted octanol–water partition coefficient (Wildman–Crippen LogP) is 2.69. The summed E-state index contributed by atoms with van der Waals surface area (Å²) in [6.07, 6.45) is 0. The van der Waals surface area contributed by atoms with Crippen LogP contribution in [0.4, 0.5) is 0 Å². The average molecular weight is 377 g/mol. The van der Waals surface area contributed by atoms with Crippen LogP contribution in [-0.2, 0) is 4.79 Å². The Kier molecular flexibility index (Phi) is 4.07. The molecule has 0 saturated heterocycles. The summed E-state index contributed by atoms with van der Waals surface area (Å²) >= 11 is 0. The molecule has 1 aliphatic heterocycles. The second-order valence-electron chi connectivity index (χ2n) is 6.53. The molecule has 2 aromatic carbocycles. The molecule has 0 N–H and O–H groups in total. The highest BCUT2D eigenvalue weighted by Crippen LogP contribution is 2.26. The lowest BCUT2D eigenvalue weighted by atomic mass is 10.1. The van der Waals surface area contributed by atoms with Crippen LogP contribution >= 0.6 is 0 Å². The first-order valence-electron chi connectivity index (χ1n) is 8.60. The number of hydrogen-bond donors (Lipinski definition) is 0. The van der Waals surface area contributed by atoms with Crippen LogP contribution in [0.2, 0.25) is 0 Å². The number of ether oxygens (including phenoxy) is 1. The Morgan fingerprint density at radius 1 is 1.00 bits per heavy atom. The molecule has 0 unspecified atom stereocenters. The van der Waals surface area contributed by atoms with Crippen LogP contribution in [0, 0.1) is 6.92 Å². The van der Waals surface area contributed by atoms with Gasteiger partial charge in [0.05, 0.1) is 11.1 Å². The summed E-state index contributed by atoms with van der Waals surface area (Å²) in [5.74, 6) is -1.70. The molecular formula is C21H15NO6. The second kappa shape index (κ2) is 6.45. The number of nitrogens with zero attached hydrogens (tertiary/aromatic N) is 1. The number of carbonyl (C=O) groups excluding carboxylic acids is 3. The number of benzene rings is 2. The summed E-state index contributed by atoms with van der Waals surface area (Å²) in [7, 11) is 0. The molecule has 0 bridgehead atoms. The van der Waals surface area contributed by atoms with Crippen molar-refractivity contribution in [2.75, 3.05) is 0 Å². The molecule has 0 saturated carbocycles. The molecular weight excluding hydrogens is 362 g/mol. The first-order chi connectivity index (χ1) is 13.4. The van der Waals surface area contributed by atoms with E-state index in [9.17, 15) is 19.2 Å². The van der Waals surface area contributed by atoms with E-state index in [4.69, 9.17) is 9.15 Å². The lowest BCUT2D eigenvalue weighted by Gasteiger charge is -2.20. The Balaban J connectivity index is 1.59. The van der Waals surface area contributed by atoms with Gasteiger partial charge in [-0.2, -0.15) is 0 Å². The summed E-state index contributed by atoms with van der Waals surface area (Å²) in [4.78, 5) is 50.0. The average Bonchev–Trinajstić information content (AvgIpc) is 2.91. The van der Waals surface area contributed by atoms with Crippen molar-refractivity contribution in [2.45, 2.75) is 19.9 Å². The molecule has 0 fully saturated rings. The number of hydrogen-bond acceptors (Lipinski definition) is 6. The highest BCUT2D eigenvalue weighted by molar-refractivity contribution is 6.22. The van der Waals surface area contributed by atoms with E-state index in [0.29, 0.717) is 5.39 Å². The van der Waals surface area contributed by atoms with E-state index < -0.39 is 29.5 Å². The summed E-state index contributed by atoms with van der Waals surface area (Å²) in [5, 5.41) is 0.716. The van der Waals surface area contributed by atoms with Gasteiger partial charge in [-0.25, -0.2) is 9.59 Å². The van der Waals surface area contributed by atoms with Crippen molar-refractivity contribution in [1.82, 2.24) is 4.90 Å². The highest BCUT2D eigenvalue weighted by atomic mass is 16.5. The third-order valence-corrected chi connectivity index (χ3v) is 4.70. The number of aryl methyl sites for hydroxylation is 1. The summed E-state index contributed by atoms with van der Waals surface area (Å²) in [6.45, 7) is 3.20. The fourth-order valence-corrected chi connectivity index (χ4v) is 3.24. The Bertz CT molecular complexity index is 1170. The Labute approximate surface area is 159 Å². The molecule has 1 aliphatic rings. The minimum Gasteiger partial charge on any atom is -0.425 e. The molecule has 1 aromatic heterocycles. The molecule has 7 nitrogen and oxygen atoms in total. The molecule has 0 aliphatic carbocycles. The Morgan fingerprint density at radius 3 is 2.29 bits per heavy atom. The second-order valence-corrected chi connectivity index (χ2v) is 6.53. The first-order valence-corrected chi connectivity index (χ1v) is 8.60. The highest BCUT2D eigenvalue weighted by Gasteiger charge is 2.41. The van der Waals surface area contributed by atoms with Crippen LogP contribution in [-0.4, -0.2) is 28.7 Å².